The fourth-order valence-electron chi connectivity index (χ4n) is 4.41. The van der Waals surface area contributed by atoms with Crippen molar-refractivity contribution in [1.29, 1.82) is 0 Å². The summed E-state index contributed by atoms with van der Waals surface area (Å²) in [5.74, 6) is -0.597. The molecule has 160 valence electrons. The molecule has 2 aromatic carbocycles. The van der Waals surface area contributed by atoms with Gasteiger partial charge in [-0.3, -0.25) is 14.3 Å². The average molecular weight is 446 g/mol. The van der Waals surface area contributed by atoms with E-state index < -0.39 is 5.91 Å². The molecular weight excluding hydrogens is 426 g/mol. The minimum atomic E-state index is -0.568. The van der Waals surface area contributed by atoms with Gasteiger partial charge in [0.1, 0.15) is 5.69 Å². The zero-order valence-corrected chi connectivity index (χ0v) is 18.0. The zero-order chi connectivity index (χ0) is 22.5. The molecule has 1 aliphatic carbocycles. The Kier molecular flexibility index (Phi) is 4.75. The van der Waals surface area contributed by atoms with Crippen molar-refractivity contribution < 1.29 is 9.59 Å². The molecule has 3 aromatic rings. The first-order valence-electron chi connectivity index (χ1n) is 10.3. The Bertz CT molecular complexity index is 1280. The second kappa shape index (κ2) is 7.50. The van der Waals surface area contributed by atoms with Crippen LogP contribution >= 0.6 is 11.6 Å². The van der Waals surface area contributed by atoms with Crippen LogP contribution < -0.4 is 5.73 Å². The summed E-state index contributed by atoms with van der Waals surface area (Å²) in [6.07, 6.45) is 2.01. The molecule has 1 aliphatic heterocycles. The van der Waals surface area contributed by atoms with E-state index in [1.165, 1.54) is 0 Å². The Morgan fingerprint density at radius 1 is 1.19 bits per heavy atom. The highest BCUT2D eigenvalue weighted by molar-refractivity contribution is 6.30. The van der Waals surface area contributed by atoms with Crippen LogP contribution in [-0.4, -0.2) is 33.0 Å². The molecule has 8 heteroatoms. The highest BCUT2D eigenvalue weighted by Crippen LogP contribution is 2.49. The van der Waals surface area contributed by atoms with Crippen molar-refractivity contribution in [2.24, 2.45) is 5.73 Å². The molecule has 0 saturated heterocycles. The lowest BCUT2D eigenvalue weighted by Crippen LogP contribution is -2.46. The van der Waals surface area contributed by atoms with Gasteiger partial charge in [-0.15, -0.1) is 0 Å². The van der Waals surface area contributed by atoms with Crippen LogP contribution in [0.3, 0.4) is 0 Å². The number of primary amides is 1. The second-order valence-electron chi connectivity index (χ2n) is 8.39. The number of carbonyl (C=O) groups is 2. The Hall–Kier alpha value is -3.63. The Morgan fingerprint density at radius 2 is 1.94 bits per heavy atom. The van der Waals surface area contributed by atoms with Crippen LogP contribution in [0.2, 0.25) is 5.02 Å². The SMILES string of the molecule is [C-]#[N+]c1ccc(CC(=O)N2Cc3c(C(N)=O)c(-c4cccc(Cl)c4)nn3C3(CC3)C2)cc1. The van der Waals surface area contributed by atoms with Crippen molar-refractivity contribution in [1.82, 2.24) is 14.7 Å². The van der Waals surface area contributed by atoms with Crippen molar-refractivity contribution in [2.45, 2.75) is 31.3 Å². The van der Waals surface area contributed by atoms with E-state index in [0.29, 0.717) is 34.2 Å². The molecule has 0 unspecified atom stereocenters. The monoisotopic (exact) mass is 445 g/mol. The van der Waals surface area contributed by atoms with Crippen molar-refractivity contribution in [3.63, 3.8) is 0 Å². The van der Waals surface area contributed by atoms with Crippen molar-refractivity contribution in [3.05, 3.63) is 81.8 Å². The fourth-order valence-corrected chi connectivity index (χ4v) is 4.60. The van der Waals surface area contributed by atoms with Gasteiger partial charge in [-0.25, -0.2) is 4.85 Å². The molecule has 1 spiro atoms. The minimum absolute atomic E-state index is 0.0287. The van der Waals surface area contributed by atoms with E-state index in [2.05, 4.69) is 4.85 Å². The Morgan fingerprint density at radius 3 is 2.56 bits per heavy atom. The van der Waals surface area contributed by atoms with Gasteiger partial charge in [0.05, 0.1) is 36.3 Å². The van der Waals surface area contributed by atoms with Gasteiger partial charge < -0.3 is 10.6 Å². The molecule has 1 aromatic heterocycles. The summed E-state index contributed by atoms with van der Waals surface area (Å²) >= 11 is 6.16. The fraction of sp³-hybridized carbons (Fsp3) is 0.250. The maximum Gasteiger partial charge on any atom is 0.252 e. The standard InChI is InChI=1S/C24H20ClN5O2/c1-27-18-7-5-15(6-8-18)11-20(31)29-13-19-21(23(26)32)22(16-3-2-4-17(25)12-16)28-30(19)24(14-29)9-10-24/h2-8,12H,9-11,13-14H2,(H2,26,32). The molecular formula is C24H20ClN5O2. The number of nitrogens with two attached hydrogens (primary N) is 1. The van der Waals surface area contributed by atoms with E-state index in [1.807, 2.05) is 16.8 Å². The predicted octanol–water partition coefficient (Wildman–Crippen LogP) is 3.93. The third-order valence-electron chi connectivity index (χ3n) is 6.20. The summed E-state index contributed by atoms with van der Waals surface area (Å²) in [4.78, 5) is 30.8. The van der Waals surface area contributed by atoms with E-state index in [1.54, 1.807) is 41.3 Å². The van der Waals surface area contributed by atoms with Gasteiger partial charge in [0.2, 0.25) is 5.91 Å². The van der Waals surface area contributed by atoms with Gasteiger partial charge in [-0.2, -0.15) is 5.10 Å². The predicted molar refractivity (Wildman–Crippen MR) is 120 cm³/mol. The summed E-state index contributed by atoms with van der Waals surface area (Å²) in [6.45, 7) is 7.88. The lowest BCUT2D eigenvalue weighted by molar-refractivity contribution is -0.132. The van der Waals surface area contributed by atoms with Crippen molar-refractivity contribution in [2.75, 3.05) is 6.54 Å². The number of benzene rings is 2. The Balaban J connectivity index is 1.50. The van der Waals surface area contributed by atoms with Crippen LogP contribution in [0.4, 0.5) is 5.69 Å². The maximum absolute atomic E-state index is 13.2. The quantitative estimate of drug-likeness (QED) is 0.617. The first-order valence-corrected chi connectivity index (χ1v) is 10.7. The summed E-state index contributed by atoms with van der Waals surface area (Å²) in [6, 6.07) is 14.2. The molecule has 0 atom stereocenters. The van der Waals surface area contributed by atoms with Gasteiger partial charge in [0.15, 0.2) is 5.69 Å². The number of carbonyl (C=O) groups excluding carboxylic acids is 2. The van der Waals surface area contributed by atoms with Gasteiger partial charge in [0.25, 0.3) is 5.91 Å². The van der Waals surface area contributed by atoms with Crippen LogP contribution in [0, 0.1) is 6.57 Å². The molecule has 0 radical (unpaired) electrons. The maximum atomic E-state index is 13.2. The largest absolute Gasteiger partial charge is 0.365 e. The number of halogens is 1. The van der Waals surface area contributed by atoms with Gasteiger partial charge in [-0.05, 0) is 30.5 Å². The van der Waals surface area contributed by atoms with E-state index in [4.69, 9.17) is 29.0 Å². The van der Waals surface area contributed by atoms with Gasteiger partial charge in [-0.1, -0.05) is 48.0 Å². The number of aromatic nitrogens is 2. The third-order valence-corrected chi connectivity index (χ3v) is 6.44. The summed E-state index contributed by atoms with van der Waals surface area (Å²) in [5, 5.41) is 5.33. The molecule has 1 fully saturated rings. The number of hydrogen-bond donors (Lipinski definition) is 1. The molecule has 2 heterocycles. The normalized spacial score (nSPS) is 15.8. The molecule has 0 bridgehead atoms. The van der Waals surface area contributed by atoms with Gasteiger partial charge in [0, 0.05) is 17.1 Å². The number of rotatable bonds is 4. The van der Waals surface area contributed by atoms with Crippen molar-refractivity contribution >= 4 is 29.1 Å². The summed E-state index contributed by atoms with van der Waals surface area (Å²) in [7, 11) is 0. The second-order valence-corrected chi connectivity index (χ2v) is 8.82. The summed E-state index contributed by atoms with van der Waals surface area (Å²) < 4.78 is 1.91. The van der Waals surface area contributed by atoms with Crippen LogP contribution in [0.1, 0.15) is 34.5 Å². The Labute approximate surface area is 190 Å². The first kappa shape index (κ1) is 20.3. The third kappa shape index (κ3) is 3.43. The lowest BCUT2D eigenvalue weighted by Gasteiger charge is -2.34. The van der Waals surface area contributed by atoms with Crippen LogP contribution in [0.25, 0.3) is 16.1 Å². The summed E-state index contributed by atoms with van der Waals surface area (Å²) in [5.41, 5.74) is 9.13. The smallest absolute Gasteiger partial charge is 0.252 e. The number of amides is 2. The number of nitrogens with zero attached hydrogens (tertiary/aromatic N) is 4. The van der Waals surface area contributed by atoms with E-state index in [0.717, 1.165) is 24.0 Å². The number of hydrogen-bond acceptors (Lipinski definition) is 3. The zero-order valence-electron chi connectivity index (χ0n) is 17.2. The first-order chi connectivity index (χ1) is 15.4. The van der Waals surface area contributed by atoms with Crippen LogP contribution in [0.5, 0.6) is 0 Å². The molecule has 5 rings (SSSR count). The van der Waals surface area contributed by atoms with Crippen LogP contribution in [-0.2, 0) is 23.3 Å². The van der Waals surface area contributed by atoms with E-state index in [9.17, 15) is 9.59 Å². The topological polar surface area (TPSA) is 85.6 Å². The van der Waals surface area contributed by atoms with E-state index >= 15 is 0 Å². The molecule has 1 saturated carbocycles. The molecule has 2 amide bonds. The minimum Gasteiger partial charge on any atom is -0.365 e. The van der Waals surface area contributed by atoms with Crippen LogP contribution in [0.15, 0.2) is 48.5 Å². The molecule has 32 heavy (non-hydrogen) atoms. The highest BCUT2D eigenvalue weighted by Gasteiger charge is 2.52. The van der Waals surface area contributed by atoms with Crippen molar-refractivity contribution in [3.8, 4) is 11.3 Å². The molecule has 2 N–H and O–H groups in total. The lowest BCUT2D eigenvalue weighted by atomic mass is 10.0. The van der Waals surface area contributed by atoms with E-state index in [-0.39, 0.29) is 24.4 Å². The molecule has 7 nitrogen and oxygen atoms in total. The number of fused-ring (bicyclic) bond motifs is 2. The molecule has 2 aliphatic rings. The van der Waals surface area contributed by atoms with Gasteiger partial charge >= 0.3 is 0 Å². The highest BCUT2D eigenvalue weighted by atomic mass is 35.5. The average Bonchev–Trinajstić information content (AvgIpc) is 3.42.